The lowest BCUT2D eigenvalue weighted by atomic mass is 10.1. The Morgan fingerprint density at radius 1 is 1.41 bits per heavy atom. The van der Waals surface area contributed by atoms with Crippen LogP contribution in [0.5, 0.6) is 0 Å². The van der Waals surface area contributed by atoms with Gasteiger partial charge in [-0.15, -0.1) is 0 Å². The van der Waals surface area contributed by atoms with Gasteiger partial charge in [0.2, 0.25) is 0 Å². The van der Waals surface area contributed by atoms with Crippen molar-refractivity contribution >= 4 is 5.84 Å². The van der Waals surface area contributed by atoms with Gasteiger partial charge in [0.15, 0.2) is 5.82 Å². The Morgan fingerprint density at radius 3 is 3.00 bits per heavy atom. The predicted molar refractivity (Wildman–Crippen MR) is 62.2 cm³/mol. The van der Waals surface area contributed by atoms with Crippen LogP contribution in [-0.2, 0) is 12.8 Å². The largest absolute Gasteiger partial charge is 0.384 e. The normalized spacial score (nSPS) is 13.6. The molecule has 3 N–H and O–H groups in total. The van der Waals surface area contributed by atoms with Crippen LogP contribution < -0.4 is 5.73 Å². The van der Waals surface area contributed by atoms with Gasteiger partial charge in [-0.25, -0.2) is 14.6 Å². The molecule has 2 heterocycles. The van der Waals surface area contributed by atoms with Crippen LogP contribution in [0.4, 0.5) is 0 Å². The first-order chi connectivity index (χ1) is 8.25. The third-order valence-electron chi connectivity index (χ3n) is 2.96. The number of hydrogen-bond acceptors (Lipinski definition) is 4. The zero-order valence-electron chi connectivity index (χ0n) is 9.22. The number of nitrogens with one attached hydrogen (secondary N) is 1. The maximum absolute atomic E-state index is 7.62. The highest BCUT2D eigenvalue weighted by Crippen LogP contribution is 2.24. The second kappa shape index (κ2) is 3.65. The zero-order chi connectivity index (χ0) is 11.8. The van der Waals surface area contributed by atoms with Crippen molar-refractivity contribution in [2.24, 2.45) is 5.73 Å². The summed E-state index contributed by atoms with van der Waals surface area (Å²) in [6.07, 6.45) is 6.12. The number of fused-ring (bicyclic) bond motifs is 1. The molecule has 0 amide bonds. The van der Waals surface area contributed by atoms with E-state index in [4.69, 9.17) is 11.1 Å². The molecule has 1 aliphatic carbocycles. The fourth-order valence-corrected chi connectivity index (χ4v) is 2.15. The Hall–Kier alpha value is -2.24. The highest BCUT2D eigenvalue weighted by molar-refractivity contribution is 5.98. The van der Waals surface area contributed by atoms with Crippen LogP contribution in [0.3, 0.4) is 0 Å². The van der Waals surface area contributed by atoms with E-state index in [1.165, 1.54) is 11.9 Å². The lowest BCUT2D eigenvalue weighted by Gasteiger charge is -2.09. The van der Waals surface area contributed by atoms with Crippen LogP contribution in [0.2, 0.25) is 0 Å². The second-order valence-electron chi connectivity index (χ2n) is 4.07. The minimum Gasteiger partial charge on any atom is -0.384 e. The molecule has 0 radical (unpaired) electrons. The molecule has 0 aromatic carbocycles. The topological polar surface area (TPSA) is 93.5 Å². The van der Waals surface area contributed by atoms with Gasteiger partial charge in [0.1, 0.15) is 18.5 Å². The van der Waals surface area contributed by atoms with Crippen LogP contribution in [-0.4, -0.2) is 25.6 Å². The Kier molecular flexibility index (Phi) is 2.14. The molecule has 86 valence electrons. The minimum atomic E-state index is 0.0118. The van der Waals surface area contributed by atoms with E-state index in [0.29, 0.717) is 11.4 Å². The van der Waals surface area contributed by atoms with E-state index >= 15 is 0 Å². The molecule has 1 aliphatic rings. The van der Waals surface area contributed by atoms with Gasteiger partial charge in [0, 0.05) is 5.69 Å². The quantitative estimate of drug-likeness (QED) is 0.576. The molecule has 0 unspecified atom stereocenters. The van der Waals surface area contributed by atoms with Crippen molar-refractivity contribution in [3.63, 3.8) is 0 Å². The molecule has 6 nitrogen and oxygen atoms in total. The number of pyridine rings is 1. The molecular formula is C11H12N6. The third-order valence-corrected chi connectivity index (χ3v) is 2.96. The maximum atomic E-state index is 7.62. The van der Waals surface area contributed by atoms with Gasteiger partial charge in [-0.1, -0.05) is 0 Å². The molecular weight excluding hydrogens is 216 g/mol. The molecule has 3 rings (SSSR count). The first kappa shape index (κ1) is 9.95. The molecule has 0 fully saturated rings. The van der Waals surface area contributed by atoms with E-state index in [0.717, 1.165) is 25.0 Å². The van der Waals surface area contributed by atoms with E-state index in [9.17, 15) is 0 Å². The molecule has 0 aliphatic heterocycles. The van der Waals surface area contributed by atoms with Crippen LogP contribution in [0.15, 0.2) is 18.7 Å². The predicted octanol–water partition coefficient (Wildman–Crippen LogP) is 0.435. The van der Waals surface area contributed by atoms with Gasteiger partial charge in [0.25, 0.3) is 0 Å². The molecule has 0 bridgehead atoms. The number of nitrogens with two attached hydrogens (primary N) is 1. The SMILES string of the molecule is N=C(N)c1cc2c(nc1-n1cncn1)CCC2. The van der Waals surface area contributed by atoms with E-state index in [1.807, 2.05) is 6.07 Å². The summed E-state index contributed by atoms with van der Waals surface area (Å²) in [5, 5.41) is 11.7. The molecule has 17 heavy (non-hydrogen) atoms. The van der Waals surface area contributed by atoms with Crippen molar-refractivity contribution in [1.82, 2.24) is 19.7 Å². The third kappa shape index (κ3) is 1.57. The summed E-state index contributed by atoms with van der Waals surface area (Å²) >= 11 is 0. The first-order valence-electron chi connectivity index (χ1n) is 5.48. The Balaban J connectivity index is 2.22. The fourth-order valence-electron chi connectivity index (χ4n) is 2.15. The van der Waals surface area contributed by atoms with E-state index in [-0.39, 0.29) is 5.84 Å². The first-order valence-corrected chi connectivity index (χ1v) is 5.48. The van der Waals surface area contributed by atoms with Crippen LogP contribution in [0, 0.1) is 5.41 Å². The van der Waals surface area contributed by atoms with E-state index in [1.54, 1.807) is 11.0 Å². The summed E-state index contributed by atoms with van der Waals surface area (Å²) in [5.41, 5.74) is 8.50. The number of aryl methyl sites for hydroxylation is 2. The highest BCUT2D eigenvalue weighted by Gasteiger charge is 2.18. The molecule has 0 atom stereocenters. The summed E-state index contributed by atoms with van der Waals surface area (Å²) in [7, 11) is 0. The average Bonchev–Trinajstić information content (AvgIpc) is 2.98. The van der Waals surface area contributed by atoms with Crippen molar-refractivity contribution in [2.75, 3.05) is 0 Å². The molecule has 6 heteroatoms. The standard InChI is InChI=1S/C11H12N6/c12-10(13)8-4-7-2-1-3-9(7)16-11(8)17-6-14-5-15-17/h4-6H,1-3H2,(H3,12,13). The van der Waals surface area contributed by atoms with Gasteiger partial charge in [-0.05, 0) is 30.9 Å². The molecule has 0 saturated heterocycles. The summed E-state index contributed by atoms with van der Waals surface area (Å²) in [4.78, 5) is 8.45. The number of aromatic nitrogens is 4. The molecule has 0 saturated carbocycles. The van der Waals surface area contributed by atoms with Crippen LogP contribution in [0.25, 0.3) is 5.82 Å². The summed E-state index contributed by atoms with van der Waals surface area (Å²) < 4.78 is 1.55. The van der Waals surface area contributed by atoms with Gasteiger partial charge in [0.05, 0.1) is 5.56 Å². The summed E-state index contributed by atoms with van der Waals surface area (Å²) in [6.45, 7) is 0. The lowest BCUT2D eigenvalue weighted by Crippen LogP contribution is -2.17. The Bertz CT molecular complexity index is 572. The van der Waals surface area contributed by atoms with Crippen LogP contribution >= 0.6 is 0 Å². The molecule has 2 aromatic rings. The average molecular weight is 228 g/mol. The van der Waals surface area contributed by atoms with Crippen molar-refractivity contribution in [3.8, 4) is 5.82 Å². The Morgan fingerprint density at radius 2 is 2.29 bits per heavy atom. The van der Waals surface area contributed by atoms with Crippen molar-refractivity contribution in [1.29, 1.82) is 5.41 Å². The molecule has 2 aromatic heterocycles. The molecule has 0 spiro atoms. The van der Waals surface area contributed by atoms with Crippen molar-refractivity contribution < 1.29 is 0 Å². The van der Waals surface area contributed by atoms with E-state index < -0.39 is 0 Å². The lowest BCUT2D eigenvalue weighted by molar-refractivity contribution is 0.827. The van der Waals surface area contributed by atoms with Gasteiger partial charge in [-0.3, -0.25) is 5.41 Å². The number of nitrogen functional groups attached to an aromatic ring is 1. The number of rotatable bonds is 2. The fraction of sp³-hybridized carbons (Fsp3) is 0.273. The number of nitrogens with zero attached hydrogens (tertiary/aromatic N) is 4. The summed E-state index contributed by atoms with van der Waals surface area (Å²) in [5.74, 6) is 0.605. The minimum absolute atomic E-state index is 0.0118. The van der Waals surface area contributed by atoms with Crippen molar-refractivity contribution in [3.05, 3.63) is 35.5 Å². The van der Waals surface area contributed by atoms with E-state index in [2.05, 4.69) is 15.1 Å². The van der Waals surface area contributed by atoms with Gasteiger partial charge >= 0.3 is 0 Å². The highest BCUT2D eigenvalue weighted by atomic mass is 15.3. The summed E-state index contributed by atoms with van der Waals surface area (Å²) in [6, 6.07) is 1.95. The number of hydrogen-bond donors (Lipinski definition) is 2. The van der Waals surface area contributed by atoms with Gasteiger partial charge in [-0.2, -0.15) is 5.10 Å². The Labute approximate surface area is 98.0 Å². The van der Waals surface area contributed by atoms with Gasteiger partial charge < -0.3 is 5.73 Å². The zero-order valence-corrected chi connectivity index (χ0v) is 9.22. The van der Waals surface area contributed by atoms with Crippen molar-refractivity contribution in [2.45, 2.75) is 19.3 Å². The van der Waals surface area contributed by atoms with Crippen LogP contribution in [0.1, 0.15) is 23.2 Å². The monoisotopic (exact) mass is 228 g/mol. The smallest absolute Gasteiger partial charge is 0.166 e. The number of amidine groups is 1. The maximum Gasteiger partial charge on any atom is 0.166 e. The second-order valence-corrected chi connectivity index (χ2v) is 4.07.